The van der Waals surface area contributed by atoms with Crippen LogP contribution < -0.4 is 4.90 Å². The number of aryl methyl sites for hydroxylation is 1. The van der Waals surface area contributed by atoms with Crippen molar-refractivity contribution in [2.45, 2.75) is 6.92 Å². The van der Waals surface area contributed by atoms with Crippen LogP contribution in [-0.4, -0.2) is 34.7 Å². The summed E-state index contributed by atoms with van der Waals surface area (Å²) in [6.07, 6.45) is 0. The Morgan fingerprint density at radius 1 is 1.10 bits per heavy atom. The molecule has 0 saturated heterocycles. The topological polar surface area (TPSA) is 89.5 Å². The zero-order valence-corrected chi connectivity index (χ0v) is 12.2. The predicted octanol–water partition coefficient (Wildman–Crippen LogP) is 3.10. The molecule has 0 aliphatic rings. The molecular formula is C11H13Cl2N3O4. The summed E-state index contributed by atoms with van der Waals surface area (Å²) >= 11 is 11.4. The maximum atomic E-state index is 11.2. The Morgan fingerprint density at radius 3 is 2.05 bits per heavy atom. The van der Waals surface area contributed by atoms with Crippen LogP contribution in [0, 0.1) is 27.2 Å². The number of rotatable bonds is 7. The second kappa shape index (κ2) is 7.25. The first kappa shape index (κ1) is 16.5. The maximum absolute atomic E-state index is 11.2. The molecule has 9 heteroatoms. The van der Waals surface area contributed by atoms with Crippen LogP contribution in [0.1, 0.15) is 5.56 Å². The highest BCUT2D eigenvalue weighted by Gasteiger charge is 2.25. The van der Waals surface area contributed by atoms with Gasteiger partial charge in [0.15, 0.2) is 0 Å². The molecule has 0 saturated carbocycles. The molecule has 7 nitrogen and oxygen atoms in total. The molecular weight excluding hydrogens is 309 g/mol. The Bertz CT molecular complexity index is 519. The number of alkyl halides is 2. The van der Waals surface area contributed by atoms with Gasteiger partial charge >= 0.3 is 0 Å². The highest BCUT2D eigenvalue weighted by molar-refractivity contribution is 6.18. The molecule has 0 N–H and O–H groups in total. The number of non-ortho nitro benzene ring substituents is 1. The van der Waals surface area contributed by atoms with Gasteiger partial charge < -0.3 is 4.90 Å². The summed E-state index contributed by atoms with van der Waals surface area (Å²) in [6, 6.07) is 2.26. The maximum Gasteiger partial charge on any atom is 0.299 e. The molecule has 110 valence electrons. The third-order valence-electron chi connectivity index (χ3n) is 2.70. The fourth-order valence-corrected chi connectivity index (χ4v) is 2.35. The minimum absolute atomic E-state index is 0.268. The molecule has 1 rings (SSSR count). The highest BCUT2D eigenvalue weighted by Crippen LogP contribution is 2.35. The van der Waals surface area contributed by atoms with Crippen molar-refractivity contribution in [2.75, 3.05) is 29.7 Å². The SMILES string of the molecule is Cc1cc([N+](=O)[O-])cc([N+](=O)[O-])c1N(CCCl)CCCl. The molecule has 0 unspecified atom stereocenters. The van der Waals surface area contributed by atoms with Gasteiger partial charge in [-0.3, -0.25) is 20.2 Å². The van der Waals surface area contributed by atoms with Crippen molar-refractivity contribution in [3.63, 3.8) is 0 Å². The first-order chi connectivity index (χ1) is 9.42. The molecule has 0 atom stereocenters. The lowest BCUT2D eigenvalue weighted by atomic mass is 10.1. The van der Waals surface area contributed by atoms with Crippen molar-refractivity contribution < 1.29 is 9.85 Å². The summed E-state index contributed by atoms with van der Waals surface area (Å²) < 4.78 is 0. The van der Waals surface area contributed by atoms with E-state index in [1.54, 1.807) is 11.8 Å². The van der Waals surface area contributed by atoms with Crippen LogP contribution in [0.3, 0.4) is 0 Å². The van der Waals surface area contributed by atoms with Crippen molar-refractivity contribution in [2.24, 2.45) is 0 Å². The summed E-state index contributed by atoms with van der Waals surface area (Å²) in [5.41, 5.74) is 0.143. The van der Waals surface area contributed by atoms with Crippen LogP contribution in [0.2, 0.25) is 0 Å². The third-order valence-corrected chi connectivity index (χ3v) is 3.04. The summed E-state index contributed by atoms with van der Waals surface area (Å²) in [6.45, 7) is 2.33. The van der Waals surface area contributed by atoms with Gasteiger partial charge in [-0.25, -0.2) is 0 Å². The number of anilines is 1. The lowest BCUT2D eigenvalue weighted by molar-refractivity contribution is -0.393. The lowest BCUT2D eigenvalue weighted by Gasteiger charge is -2.24. The van der Waals surface area contributed by atoms with Crippen LogP contribution in [0.25, 0.3) is 0 Å². The van der Waals surface area contributed by atoms with Crippen molar-refractivity contribution in [3.05, 3.63) is 37.9 Å². The number of hydrogen-bond donors (Lipinski definition) is 0. The predicted molar refractivity (Wildman–Crippen MR) is 78.1 cm³/mol. The van der Waals surface area contributed by atoms with Gasteiger partial charge in [-0.1, -0.05) is 0 Å². The smallest absolute Gasteiger partial charge is 0.299 e. The van der Waals surface area contributed by atoms with Gasteiger partial charge in [0.1, 0.15) is 5.69 Å². The average Bonchev–Trinajstić information content (AvgIpc) is 2.37. The quantitative estimate of drug-likeness (QED) is 0.437. The Balaban J connectivity index is 3.42. The Labute approximate surface area is 125 Å². The molecule has 20 heavy (non-hydrogen) atoms. The zero-order valence-electron chi connectivity index (χ0n) is 10.7. The van der Waals surface area contributed by atoms with E-state index >= 15 is 0 Å². The summed E-state index contributed by atoms with van der Waals surface area (Å²) in [5, 5.41) is 21.9. The largest absolute Gasteiger partial charge is 0.363 e. The zero-order chi connectivity index (χ0) is 15.3. The molecule has 1 aromatic rings. The van der Waals surface area contributed by atoms with Gasteiger partial charge in [-0.15, -0.1) is 23.2 Å². The van der Waals surface area contributed by atoms with E-state index in [4.69, 9.17) is 23.2 Å². The Hall–Kier alpha value is -1.60. The number of nitro groups is 2. The molecule has 0 radical (unpaired) electrons. The van der Waals surface area contributed by atoms with Gasteiger partial charge in [-0.05, 0) is 12.5 Å². The number of hydrogen-bond acceptors (Lipinski definition) is 5. The summed E-state index contributed by atoms with van der Waals surface area (Å²) in [7, 11) is 0. The molecule has 0 aliphatic carbocycles. The van der Waals surface area contributed by atoms with Gasteiger partial charge in [0.25, 0.3) is 11.4 Å². The lowest BCUT2D eigenvalue weighted by Crippen LogP contribution is -2.29. The van der Waals surface area contributed by atoms with Crippen molar-refractivity contribution in [1.82, 2.24) is 0 Å². The second-order valence-corrected chi connectivity index (χ2v) is 4.77. The molecule has 0 fully saturated rings. The minimum atomic E-state index is -0.656. The van der Waals surface area contributed by atoms with Crippen LogP contribution in [0.5, 0.6) is 0 Å². The average molecular weight is 322 g/mol. The van der Waals surface area contributed by atoms with Crippen molar-refractivity contribution in [3.8, 4) is 0 Å². The van der Waals surface area contributed by atoms with Crippen LogP contribution in [-0.2, 0) is 0 Å². The summed E-state index contributed by atoms with van der Waals surface area (Å²) in [4.78, 5) is 22.3. The minimum Gasteiger partial charge on any atom is -0.363 e. The van der Waals surface area contributed by atoms with E-state index in [0.717, 1.165) is 6.07 Å². The normalized spacial score (nSPS) is 10.3. The first-order valence-electron chi connectivity index (χ1n) is 5.72. The van der Waals surface area contributed by atoms with E-state index in [9.17, 15) is 20.2 Å². The highest BCUT2D eigenvalue weighted by atomic mass is 35.5. The standard InChI is InChI=1S/C11H13Cl2N3O4/c1-8-6-9(15(17)18)7-10(16(19)20)11(8)14(4-2-12)5-3-13/h6-7H,2-5H2,1H3. The fraction of sp³-hybridized carbons (Fsp3) is 0.455. The van der Waals surface area contributed by atoms with E-state index in [2.05, 4.69) is 0 Å². The second-order valence-electron chi connectivity index (χ2n) is 4.01. The molecule has 0 bridgehead atoms. The molecule has 0 heterocycles. The van der Waals surface area contributed by atoms with Crippen LogP contribution >= 0.6 is 23.2 Å². The van der Waals surface area contributed by atoms with Gasteiger partial charge in [0, 0.05) is 30.9 Å². The molecule has 0 aromatic heterocycles. The van der Waals surface area contributed by atoms with Crippen LogP contribution in [0.15, 0.2) is 12.1 Å². The molecule has 0 amide bonds. The number of nitro benzene ring substituents is 2. The Kier molecular flexibility index (Phi) is 5.97. The Morgan fingerprint density at radius 2 is 1.65 bits per heavy atom. The molecule has 0 aliphatic heterocycles. The van der Waals surface area contributed by atoms with Crippen molar-refractivity contribution in [1.29, 1.82) is 0 Å². The molecule has 1 aromatic carbocycles. The van der Waals surface area contributed by atoms with E-state index in [1.807, 2.05) is 0 Å². The van der Waals surface area contributed by atoms with Gasteiger partial charge in [0.05, 0.1) is 15.9 Å². The van der Waals surface area contributed by atoms with Gasteiger partial charge in [-0.2, -0.15) is 0 Å². The monoisotopic (exact) mass is 321 g/mol. The number of halogens is 2. The van der Waals surface area contributed by atoms with E-state index in [1.165, 1.54) is 6.07 Å². The van der Waals surface area contributed by atoms with Gasteiger partial charge in [0.2, 0.25) is 0 Å². The van der Waals surface area contributed by atoms with E-state index in [-0.39, 0.29) is 23.1 Å². The van der Waals surface area contributed by atoms with E-state index in [0.29, 0.717) is 24.3 Å². The summed E-state index contributed by atoms with van der Waals surface area (Å²) in [5.74, 6) is 0.537. The number of benzene rings is 1. The first-order valence-corrected chi connectivity index (χ1v) is 6.79. The fourth-order valence-electron chi connectivity index (χ4n) is 1.94. The van der Waals surface area contributed by atoms with E-state index < -0.39 is 9.85 Å². The van der Waals surface area contributed by atoms with Crippen molar-refractivity contribution >= 4 is 40.3 Å². The number of nitrogens with zero attached hydrogens (tertiary/aromatic N) is 3. The molecule has 0 spiro atoms. The van der Waals surface area contributed by atoms with Crippen LogP contribution in [0.4, 0.5) is 17.1 Å². The third kappa shape index (κ3) is 3.71.